The second-order valence-electron chi connectivity index (χ2n) is 6.92. The number of imide groups is 1. The topological polar surface area (TPSA) is 99.2 Å². The van der Waals surface area contributed by atoms with Gasteiger partial charge in [0.05, 0.1) is 24.3 Å². The van der Waals surface area contributed by atoms with Crippen LogP contribution in [0.25, 0.3) is 0 Å². The van der Waals surface area contributed by atoms with E-state index in [1.807, 2.05) is 13.8 Å². The number of β-amino-alcohol motifs (C(OH)–C–C–N with tert-alkyl or cyclic N) is 1. The van der Waals surface area contributed by atoms with Gasteiger partial charge in [0.15, 0.2) is 0 Å². The average molecular weight is 359 g/mol. The molecule has 8 nitrogen and oxygen atoms in total. The lowest BCUT2D eigenvalue weighted by Gasteiger charge is -2.24. The third-order valence-corrected chi connectivity index (χ3v) is 4.41. The minimum Gasteiger partial charge on any atom is -0.490 e. The van der Waals surface area contributed by atoms with Crippen LogP contribution >= 0.6 is 0 Å². The summed E-state index contributed by atoms with van der Waals surface area (Å²) in [6, 6.07) is 5.12. The van der Waals surface area contributed by atoms with Crippen LogP contribution in [0.1, 0.15) is 13.8 Å². The molecule has 1 aromatic rings. The van der Waals surface area contributed by atoms with Gasteiger partial charge in [-0.2, -0.15) is 0 Å². The van der Waals surface area contributed by atoms with Gasteiger partial charge in [0.25, 0.3) is 11.8 Å². The van der Waals surface area contributed by atoms with Crippen molar-refractivity contribution < 1.29 is 24.2 Å². The number of amides is 3. The first-order valence-electron chi connectivity index (χ1n) is 8.25. The van der Waals surface area contributed by atoms with Gasteiger partial charge in [-0.05, 0) is 26.0 Å². The van der Waals surface area contributed by atoms with E-state index in [2.05, 4.69) is 5.32 Å². The summed E-state index contributed by atoms with van der Waals surface area (Å²) in [5.41, 5.74) is 0.669. The number of ether oxygens (including phenoxy) is 1. The highest BCUT2D eigenvalue weighted by Gasteiger charge is 2.36. The van der Waals surface area contributed by atoms with Crippen LogP contribution in [-0.2, 0) is 14.4 Å². The third-order valence-electron chi connectivity index (χ3n) is 4.41. The molecule has 0 saturated carbocycles. The smallest absolute Gasteiger partial charge is 0.277 e. The molecule has 3 rings (SSSR count). The van der Waals surface area contributed by atoms with Crippen LogP contribution in [0.15, 0.2) is 30.0 Å². The van der Waals surface area contributed by atoms with E-state index < -0.39 is 17.2 Å². The largest absolute Gasteiger partial charge is 0.490 e. The fourth-order valence-corrected chi connectivity index (χ4v) is 2.93. The standard InChI is InChI=1S/C18H21N3O5/c1-18(2)10-26-14-8-11(4-5-13(14)20(3)17(18)25)19-12-9-15(23)21(6-7-22)16(12)24/h4-5,8-9,19,22H,6-7,10H2,1-3H3. The maximum absolute atomic E-state index is 12.5. The Morgan fingerprint density at radius 3 is 2.69 bits per heavy atom. The summed E-state index contributed by atoms with van der Waals surface area (Å²) in [4.78, 5) is 39.0. The van der Waals surface area contributed by atoms with E-state index in [-0.39, 0.29) is 31.4 Å². The van der Waals surface area contributed by atoms with Gasteiger partial charge in [0.1, 0.15) is 18.1 Å². The van der Waals surface area contributed by atoms with Crippen LogP contribution in [0.2, 0.25) is 0 Å². The van der Waals surface area contributed by atoms with Crippen molar-refractivity contribution in [3.05, 3.63) is 30.0 Å². The summed E-state index contributed by atoms with van der Waals surface area (Å²) in [5.74, 6) is -0.491. The Morgan fingerprint density at radius 2 is 2.00 bits per heavy atom. The van der Waals surface area contributed by atoms with Gasteiger partial charge >= 0.3 is 0 Å². The molecular formula is C18H21N3O5. The molecule has 0 fully saturated rings. The number of rotatable bonds is 4. The van der Waals surface area contributed by atoms with Gasteiger partial charge in [-0.15, -0.1) is 0 Å². The number of carbonyl (C=O) groups is 3. The Morgan fingerprint density at radius 1 is 1.27 bits per heavy atom. The molecule has 2 aliphatic heterocycles. The summed E-state index contributed by atoms with van der Waals surface area (Å²) in [6.45, 7) is 3.54. The molecular weight excluding hydrogens is 338 g/mol. The molecule has 2 heterocycles. The lowest BCUT2D eigenvalue weighted by molar-refractivity contribution is -0.137. The van der Waals surface area contributed by atoms with Crippen molar-refractivity contribution in [2.75, 3.05) is 37.0 Å². The predicted octanol–water partition coefficient (Wildman–Crippen LogP) is 0.725. The van der Waals surface area contributed by atoms with Crippen LogP contribution in [-0.4, -0.2) is 54.5 Å². The second kappa shape index (κ2) is 6.45. The lowest BCUT2D eigenvalue weighted by atomic mass is 9.93. The maximum Gasteiger partial charge on any atom is 0.277 e. The Hall–Kier alpha value is -2.87. The van der Waals surface area contributed by atoms with Crippen LogP contribution in [0.4, 0.5) is 11.4 Å². The molecule has 138 valence electrons. The molecule has 0 atom stereocenters. The summed E-state index contributed by atoms with van der Waals surface area (Å²) in [6.07, 6.45) is 1.20. The SMILES string of the molecule is CN1C(=O)C(C)(C)COc2cc(NC3=CC(=O)N(CCO)C3=O)ccc21. The minimum absolute atomic E-state index is 0.0455. The van der Waals surface area contributed by atoms with Crippen LogP contribution in [0.3, 0.4) is 0 Å². The number of anilines is 2. The van der Waals surface area contributed by atoms with Crippen LogP contribution < -0.4 is 15.0 Å². The average Bonchev–Trinajstić information content (AvgIpc) is 2.82. The van der Waals surface area contributed by atoms with Gasteiger partial charge in [-0.25, -0.2) is 0 Å². The van der Waals surface area contributed by atoms with E-state index in [1.165, 1.54) is 6.08 Å². The summed E-state index contributed by atoms with van der Waals surface area (Å²) < 4.78 is 5.80. The predicted molar refractivity (Wildman–Crippen MR) is 94.6 cm³/mol. The molecule has 0 saturated heterocycles. The minimum atomic E-state index is -0.650. The van der Waals surface area contributed by atoms with E-state index in [0.29, 0.717) is 17.1 Å². The van der Waals surface area contributed by atoms with Crippen LogP contribution in [0, 0.1) is 5.41 Å². The quantitative estimate of drug-likeness (QED) is 0.769. The monoisotopic (exact) mass is 359 g/mol. The van der Waals surface area contributed by atoms with Gasteiger partial charge in [-0.1, -0.05) is 0 Å². The number of carbonyl (C=O) groups excluding carboxylic acids is 3. The molecule has 0 bridgehead atoms. The van der Waals surface area contributed by atoms with E-state index in [9.17, 15) is 14.4 Å². The number of hydrogen-bond acceptors (Lipinski definition) is 6. The zero-order valence-corrected chi connectivity index (χ0v) is 14.9. The van der Waals surface area contributed by atoms with Gasteiger partial charge < -0.3 is 20.1 Å². The molecule has 0 spiro atoms. The van der Waals surface area contributed by atoms with E-state index >= 15 is 0 Å². The fraction of sp³-hybridized carbons (Fsp3) is 0.389. The number of benzene rings is 1. The third kappa shape index (κ3) is 3.03. The van der Waals surface area contributed by atoms with Crippen LogP contribution in [0.5, 0.6) is 5.75 Å². The Bertz CT molecular complexity index is 815. The summed E-state index contributed by atoms with van der Waals surface area (Å²) >= 11 is 0. The van der Waals surface area contributed by atoms with Crippen molar-refractivity contribution in [2.45, 2.75) is 13.8 Å². The number of aliphatic hydroxyl groups is 1. The van der Waals surface area contributed by atoms with Crippen molar-refractivity contribution >= 4 is 29.1 Å². The highest BCUT2D eigenvalue weighted by molar-refractivity contribution is 6.17. The van der Waals surface area contributed by atoms with Crippen molar-refractivity contribution in [1.82, 2.24) is 4.90 Å². The molecule has 0 aromatic heterocycles. The molecule has 0 aliphatic carbocycles. The van der Waals surface area contributed by atoms with Crippen molar-refractivity contribution in [3.8, 4) is 5.75 Å². The van der Waals surface area contributed by atoms with E-state index in [0.717, 1.165) is 4.90 Å². The first-order valence-corrected chi connectivity index (χ1v) is 8.25. The van der Waals surface area contributed by atoms with Gasteiger partial charge in [0.2, 0.25) is 5.91 Å². The number of nitrogens with one attached hydrogen (secondary N) is 1. The van der Waals surface area contributed by atoms with Crippen molar-refractivity contribution in [1.29, 1.82) is 0 Å². The Kier molecular flexibility index (Phi) is 4.45. The molecule has 26 heavy (non-hydrogen) atoms. The zero-order valence-electron chi connectivity index (χ0n) is 14.9. The van der Waals surface area contributed by atoms with Crippen molar-refractivity contribution in [2.24, 2.45) is 5.41 Å². The first kappa shape index (κ1) is 17.9. The van der Waals surface area contributed by atoms with Gasteiger partial charge in [-0.3, -0.25) is 19.3 Å². The molecule has 2 aliphatic rings. The summed E-state index contributed by atoms with van der Waals surface area (Å²) in [5, 5.41) is 11.9. The second-order valence-corrected chi connectivity index (χ2v) is 6.92. The number of nitrogens with zero attached hydrogens (tertiary/aromatic N) is 2. The highest BCUT2D eigenvalue weighted by atomic mass is 16.5. The maximum atomic E-state index is 12.5. The fourth-order valence-electron chi connectivity index (χ4n) is 2.93. The normalized spacial score (nSPS) is 19.1. The first-order chi connectivity index (χ1) is 12.2. The summed E-state index contributed by atoms with van der Waals surface area (Å²) in [7, 11) is 1.69. The number of hydrogen-bond donors (Lipinski definition) is 2. The molecule has 3 amide bonds. The lowest BCUT2D eigenvalue weighted by Crippen LogP contribution is -2.39. The molecule has 2 N–H and O–H groups in total. The molecule has 8 heteroatoms. The molecule has 0 radical (unpaired) electrons. The highest BCUT2D eigenvalue weighted by Crippen LogP contribution is 2.37. The van der Waals surface area contributed by atoms with E-state index in [4.69, 9.17) is 9.84 Å². The molecule has 1 aromatic carbocycles. The van der Waals surface area contributed by atoms with Crippen molar-refractivity contribution in [3.63, 3.8) is 0 Å². The zero-order chi connectivity index (χ0) is 19.1. The number of aliphatic hydroxyl groups excluding tert-OH is 1. The number of fused-ring (bicyclic) bond motifs is 1. The van der Waals surface area contributed by atoms with Gasteiger partial charge in [0, 0.05) is 24.9 Å². The Balaban J connectivity index is 1.84. The van der Waals surface area contributed by atoms with E-state index in [1.54, 1.807) is 30.1 Å². The Labute approximate surface area is 151 Å². The molecule has 0 unspecified atom stereocenters.